The van der Waals surface area contributed by atoms with Gasteiger partial charge in [-0.3, -0.25) is 0 Å². The number of nitrogens with zero attached hydrogens (tertiary/aromatic N) is 1. The SMILES string of the molecule is N#Cc1ccc(OCCCNc2cc(F)cc(F)c2)cc1. The average Bonchev–Trinajstić information content (AvgIpc) is 2.46. The van der Waals surface area contributed by atoms with E-state index in [9.17, 15) is 8.78 Å². The maximum absolute atomic E-state index is 13.0. The van der Waals surface area contributed by atoms with E-state index in [4.69, 9.17) is 10.00 Å². The van der Waals surface area contributed by atoms with Gasteiger partial charge in [-0.2, -0.15) is 5.26 Å². The summed E-state index contributed by atoms with van der Waals surface area (Å²) >= 11 is 0. The maximum atomic E-state index is 13.0. The van der Waals surface area contributed by atoms with Gasteiger partial charge in [-0.25, -0.2) is 8.78 Å². The summed E-state index contributed by atoms with van der Waals surface area (Å²) in [6.07, 6.45) is 0.679. The predicted octanol–water partition coefficient (Wildman–Crippen LogP) is 3.72. The zero-order valence-electron chi connectivity index (χ0n) is 11.3. The highest BCUT2D eigenvalue weighted by molar-refractivity contribution is 5.43. The molecule has 0 atom stereocenters. The van der Waals surface area contributed by atoms with E-state index in [1.54, 1.807) is 24.3 Å². The second-order valence-corrected chi connectivity index (χ2v) is 4.42. The van der Waals surface area contributed by atoms with Crippen molar-refractivity contribution in [2.75, 3.05) is 18.5 Å². The second-order valence-electron chi connectivity index (χ2n) is 4.42. The summed E-state index contributed by atoms with van der Waals surface area (Å²) < 4.78 is 31.4. The molecular weight excluding hydrogens is 274 g/mol. The topological polar surface area (TPSA) is 45.0 Å². The number of hydrogen-bond acceptors (Lipinski definition) is 3. The highest BCUT2D eigenvalue weighted by Gasteiger charge is 2.00. The second kappa shape index (κ2) is 7.25. The highest BCUT2D eigenvalue weighted by Crippen LogP contribution is 2.13. The molecule has 0 aliphatic carbocycles. The Kier molecular flexibility index (Phi) is 5.10. The van der Waals surface area contributed by atoms with Gasteiger partial charge in [0.25, 0.3) is 0 Å². The summed E-state index contributed by atoms with van der Waals surface area (Å²) in [6, 6.07) is 12.2. The van der Waals surface area contributed by atoms with Gasteiger partial charge in [0.1, 0.15) is 17.4 Å². The molecule has 0 aromatic heterocycles. The quantitative estimate of drug-likeness (QED) is 0.824. The third-order valence-corrected chi connectivity index (χ3v) is 2.76. The molecule has 0 unspecified atom stereocenters. The van der Waals surface area contributed by atoms with Crippen molar-refractivity contribution >= 4 is 5.69 Å². The lowest BCUT2D eigenvalue weighted by atomic mass is 10.2. The zero-order valence-corrected chi connectivity index (χ0v) is 11.3. The fraction of sp³-hybridized carbons (Fsp3) is 0.188. The zero-order chi connectivity index (χ0) is 15.1. The van der Waals surface area contributed by atoms with Crippen molar-refractivity contribution in [3.63, 3.8) is 0 Å². The molecule has 0 heterocycles. The summed E-state index contributed by atoms with van der Waals surface area (Å²) in [6.45, 7) is 1.01. The molecule has 0 radical (unpaired) electrons. The van der Waals surface area contributed by atoms with E-state index in [1.807, 2.05) is 6.07 Å². The minimum absolute atomic E-state index is 0.408. The van der Waals surface area contributed by atoms with Gasteiger partial charge in [0.15, 0.2) is 0 Å². The van der Waals surface area contributed by atoms with E-state index in [2.05, 4.69) is 5.32 Å². The van der Waals surface area contributed by atoms with Crippen LogP contribution in [0.15, 0.2) is 42.5 Å². The van der Waals surface area contributed by atoms with Gasteiger partial charge in [-0.15, -0.1) is 0 Å². The molecule has 0 fully saturated rings. The molecule has 3 nitrogen and oxygen atoms in total. The molecule has 108 valence electrons. The van der Waals surface area contributed by atoms with Crippen LogP contribution in [0.2, 0.25) is 0 Å². The molecule has 2 rings (SSSR count). The first-order valence-electron chi connectivity index (χ1n) is 6.50. The highest BCUT2D eigenvalue weighted by atomic mass is 19.1. The Morgan fingerprint density at radius 1 is 1.05 bits per heavy atom. The van der Waals surface area contributed by atoms with Crippen LogP contribution in [0.25, 0.3) is 0 Å². The van der Waals surface area contributed by atoms with Crippen LogP contribution >= 0.6 is 0 Å². The molecule has 5 heteroatoms. The fourth-order valence-electron chi connectivity index (χ4n) is 1.78. The summed E-state index contributed by atoms with van der Waals surface area (Å²) in [5.41, 5.74) is 0.989. The largest absolute Gasteiger partial charge is 0.494 e. The Hall–Kier alpha value is -2.61. The first-order valence-corrected chi connectivity index (χ1v) is 6.50. The van der Waals surface area contributed by atoms with Gasteiger partial charge in [-0.1, -0.05) is 0 Å². The van der Waals surface area contributed by atoms with E-state index in [1.165, 1.54) is 12.1 Å². The normalized spacial score (nSPS) is 9.95. The molecule has 1 N–H and O–H groups in total. The minimum Gasteiger partial charge on any atom is -0.494 e. The molecule has 0 saturated heterocycles. The average molecular weight is 288 g/mol. The van der Waals surface area contributed by atoms with Crippen molar-refractivity contribution in [2.24, 2.45) is 0 Å². The van der Waals surface area contributed by atoms with E-state index >= 15 is 0 Å². The van der Waals surface area contributed by atoms with Crippen LogP contribution in [-0.4, -0.2) is 13.2 Å². The fourth-order valence-corrected chi connectivity index (χ4v) is 1.78. The first kappa shape index (κ1) is 14.8. The lowest BCUT2D eigenvalue weighted by Gasteiger charge is -2.08. The van der Waals surface area contributed by atoms with E-state index in [0.29, 0.717) is 36.6 Å². The van der Waals surface area contributed by atoms with Crippen molar-refractivity contribution < 1.29 is 13.5 Å². The molecule has 2 aromatic carbocycles. The Morgan fingerprint density at radius 2 is 1.71 bits per heavy atom. The van der Waals surface area contributed by atoms with Crippen LogP contribution in [0.3, 0.4) is 0 Å². The number of halogens is 2. The van der Waals surface area contributed by atoms with Gasteiger partial charge in [0, 0.05) is 18.3 Å². The van der Waals surface area contributed by atoms with Crippen LogP contribution in [0.1, 0.15) is 12.0 Å². The number of rotatable bonds is 6. The smallest absolute Gasteiger partial charge is 0.128 e. The number of ether oxygens (including phenoxy) is 1. The molecular formula is C16H14F2N2O. The maximum Gasteiger partial charge on any atom is 0.128 e. The van der Waals surface area contributed by atoms with Crippen molar-refractivity contribution in [3.05, 3.63) is 59.7 Å². The van der Waals surface area contributed by atoms with Gasteiger partial charge in [0.05, 0.1) is 18.2 Å². The molecule has 0 aliphatic heterocycles. The molecule has 21 heavy (non-hydrogen) atoms. The lowest BCUT2D eigenvalue weighted by Crippen LogP contribution is -2.07. The Bertz CT molecular complexity index is 615. The van der Waals surface area contributed by atoms with Crippen molar-refractivity contribution in [1.82, 2.24) is 0 Å². The van der Waals surface area contributed by atoms with Gasteiger partial charge < -0.3 is 10.1 Å². The van der Waals surface area contributed by atoms with Crippen LogP contribution in [0.5, 0.6) is 5.75 Å². The Balaban J connectivity index is 1.71. The molecule has 0 bridgehead atoms. The molecule has 0 amide bonds. The Morgan fingerprint density at radius 3 is 2.33 bits per heavy atom. The number of nitrogens with one attached hydrogen (secondary N) is 1. The summed E-state index contributed by atoms with van der Waals surface area (Å²) in [4.78, 5) is 0. The minimum atomic E-state index is -0.605. The third-order valence-electron chi connectivity index (χ3n) is 2.76. The molecule has 0 saturated carbocycles. The molecule has 2 aromatic rings. The Labute approximate surface area is 121 Å². The summed E-state index contributed by atoms with van der Waals surface area (Å²) in [5.74, 6) is -0.525. The van der Waals surface area contributed by atoms with Crippen LogP contribution in [-0.2, 0) is 0 Å². The van der Waals surface area contributed by atoms with Gasteiger partial charge in [-0.05, 0) is 42.8 Å². The number of benzene rings is 2. The van der Waals surface area contributed by atoms with Crippen molar-refractivity contribution in [1.29, 1.82) is 5.26 Å². The number of hydrogen-bond donors (Lipinski definition) is 1. The summed E-state index contributed by atoms with van der Waals surface area (Å²) in [7, 11) is 0. The molecule has 0 aliphatic rings. The lowest BCUT2D eigenvalue weighted by molar-refractivity contribution is 0.315. The van der Waals surface area contributed by atoms with Gasteiger partial charge in [0.2, 0.25) is 0 Å². The number of anilines is 1. The molecule has 0 spiro atoms. The van der Waals surface area contributed by atoms with E-state index < -0.39 is 11.6 Å². The van der Waals surface area contributed by atoms with Crippen LogP contribution < -0.4 is 10.1 Å². The van der Waals surface area contributed by atoms with Crippen molar-refractivity contribution in [2.45, 2.75) is 6.42 Å². The van der Waals surface area contributed by atoms with E-state index in [-0.39, 0.29) is 0 Å². The predicted molar refractivity (Wildman–Crippen MR) is 76.1 cm³/mol. The van der Waals surface area contributed by atoms with Crippen LogP contribution in [0.4, 0.5) is 14.5 Å². The van der Waals surface area contributed by atoms with Crippen molar-refractivity contribution in [3.8, 4) is 11.8 Å². The number of nitriles is 1. The summed E-state index contributed by atoms with van der Waals surface area (Å²) in [5, 5.41) is 11.6. The monoisotopic (exact) mass is 288 g/mol. The first-order chi connectivity index (χ1) is 10.2. The van der Waals surface area contributed by atoms with E-state index in [0.717, 1.165) is 6.07 Å². The third kappa shape index (κ3) is 4.77. The standard InChI is InChI=1S/C16H14F2N2O/c17-13-8-14(18)10-15(9-13)20-6-1-7-21-16-4-2-12(11-19)3-5-16/h2-5,8-10,20H,1,6-7H2. The van der Waals surface area contributed by atoms with Crippen LogP contribution in [0, 0.1) is 23.0 Å². The van der Waals surface area contributed by atoms with Gasteiger partial charge >= 0.3 is 0 Å².